The fourth-order valence-electron chi connectivity index (χ4n) is 1.53. The molecule has 0 N–H and O–H groups in total. The topological polar surface area (TPSA) is 34.9 Å². The van der Waals surface area contributed by atoms with E-state index in [0.29, 0.717) is 0 Å². The van der Waals surface area contributed by atoms with E-state index in [1.165, 1.54) is 0 Å². The summed E-state index contributed by atoms with van der Waals surface area (Å²) in [6.07, 6.45) is 0. The fraction of sp³-hybridized carbons (Fsp3) is 0.600. The molecule has 0 unspecified atom stereocenters. The standard InChI is InChI=1S/C10H16N2O/c1-6(2)9-7(3)11-8(4)12(5)10(9)13/h6H,1-5H3. The van der Waals surface area contributed by atoms with E-state index >= 15 is 0 Å². The molecule has 0 saturated carbocycles. The van der Waals surface area contributed by atoms with Gasteiger partial charge >= 0.3 is 0 Å². The average Bonchev–Trinajstić information content (AvgIpc) is 1.99. The Kier molecular flexibility index (Phi) is 2.55. The van der Waals surface area contributed by atoms with E-state index < -0.39 is 0 Å². The Hall–Kier alpha value is -1.12. The van der Waals surface area contributed by atoms with Crippen molar-refractivity contribution in [2.24, 2.45) is 7.05 Å². The van der Waals surface area contributed by atoms with Crippen LogP contribution in [0.3, 0.4) is 0 Å². The molecule has 0 aliphatic carbocycles. The molecule has 1 rings (SSSR count). The number of hydrogen-bond acceptors (Lipinski definition) is 2. The molecule has 0 bridgehead atoms. The predicted molar refractivity (Wildman–Crippen MR) is 53.0 cm³/mol. The largest absolute Gasteiger partial charge is 0.300 e. The van der Waals surface area contributed by atoms with Crippen LogP contribution in [0.1, 0.15) is 36.8 Å². The van der Waals surface area contributed by atoms with Crippen LogP contribution < -0.4 is 5.56 Å². The summed E-state index contributed by atoms with van der Waals surface area (Å²) >= 11 is 0. The molecule has 3 nitrogen and oxygen atoms in total. The number of aryl methyl sites for hydroxylation is 2. The van der Waals surface area contributed by atoms with Gasteiger partial charge in [0.15, 0.2) is 0 Å². The van der Waals surface area contributed by atoms with Crippen molar-refractivity contribution in [1.29, 1.82) is 0 Å². The lowest BCUT2D eigenvalue weighted by Gasteiger charge is -2.11. The highest BCUT2D eigenvalue weighted by atomic mass is 16.1. The summed E-state index contributed by atoms with van der Waals surface area (Å²) in [5.74, 6) is 1.01. The van der Waals surface area contributed by atoms with Crippen LogP contribution in [0.25, 0.3) is 0 Å². The third-order valence-electron chi connectivity index (χ3n) is 2.32. The number of aromatic nitrogens is 2. The summed E-state index contributed by atoms with van der Waals surface area (Å²) in [5.41, 5.74) is 1.77. The highest BCUT2D eigenvalue weighted by molar-refractivity contribution is 5.20. The van der Waals surface area contributed by atoms with Gasteiger partial charge in [-0.2, -0.15) is 0 Å². The average molecular weight is 180 g/mol. The van der Waals surface area contributed by atoms with Gasteiger partial charge in [-0.25, -0.2) is 4.98 Å². The molecule has 1 heterocycles. The summed E-state index contributed by atoms with van der Waals surface area (Å²) in [6.45, 7) is 7.77. The van der Waals surface area contributed by atoms with Crippen LogP contribution in [0.4, 0.5) is 0 Å². The first-order valence-corrected chi connectivity index (χ1v) is 4.49. The normalized spacial score (nSPS) is 10.9. The molecular formula is C10H16N2O. The molecule has 0 saturated heterocycles. The lowest BCUT2D eigenvalue weighted by Crippen LogP contribution is -2.26. The summed E-state index contributed by atoms with van der Waals surface area (Å²) in [5, 5.41) is 0. The van der Waals surface area contributed by atoms with E-state index in [0.717, 1.165) is 17.1 Å². The lowest BCUT2D eigenvalue weighted by atomic mass is 10.0. The van der Waals surface area contributed by atoms with E-state index in [1.54, 1.807) is 11.6 Å². The Morgan fingerprint density at radius 2 is 1.85 bits per heavy atom. The zero-order valence-corrected chi connectivity index (χ0v) is 8.88. The molecule has 13 heavy (non-hydrogen) atoms. The Morgan fingerprint density at radius 1 is 1.31 bits per heavy atom. The molecule has 0 atom stereocenters. The minimum Gasteiger partial charge on any atom is -0.300 e. The molecule has 3 heteroatoms. The molecule has 0 aliphatic rings. The van der Waals surface area contributed by atoms with Crippen molar-refractivity contribution in [3.8, 4) is 0 Å². The molecule has 0 spiro atoms. The van der Waals surface area contributed by atoms with Crippen LogP contribution in [0.5, 0.6) is 0 Å². The monoisotopic (exact) mass is 180 g/mol. The molecule has 0 aliphatic heterocycles. The lowest BCUT2D eigenvalue weighted by molar-refractivity contribution is 0.711. The maximum Gasteiger partial charge on any atom is 0.256 e. The van der Waals surface area contributed by atoms with Gasteiger partial charge in [0.05, 0.1) is 0 Å². The summed E-state index contributed by atoms with van der Waals surface area (Å²) in [7, 11) is 1.76. The van der Waals surface area contributed by atoms with Gasteiger partial charge in [-0.1, -0.05) is 13.8 Å². The van der Waals surface area contributed by atoms with Crippen LogP contribution >= 0.6 is 0 Å². The van der Waals surface area contributed by atoms with Gasteiger partial charge in [0.1, 0.15) is 5.82 Å². The van der Waals surface area contributed by atoms with Gasteiger partial charge in [0, 0.05) is 18.3 Å². The molecular weight excluding hydrogens is 164 g/mol. The quantitative estimate of drug-likeness (QED) is 0.656. The molecule has 1 aromatic heterocycles. The number of nitrogens with zero attached hydrogens (tertiary/aromatic N) is 2. The maximum absolute atomic E-state index is 11.8. The van der Waals surface area contributed by atoms with Crippen molar-refractivity contribution in [2.75, 3.05) is 0 Å². The van der Waals surface area contributed by atoms with Crippen LogP contribution in [-0.2, 0) is 7.05 Å². The second kappa shape index (κ2) is 3.32. The van der Waals surface area contributed by atoms with Gasteiger partial charge < -0.3 is 0 Å². The van der Waals surface area contributed by atoms with Gasteiger partial charge in [-0.05, 0) is 19.8 Å². The third kappa shape index (κ3) is 1.64. The van der Waals surface area contributed by atoms with Gasteiger partial charge in [0.25, 0.3) is 5.56 Å². The Labute approximate surface area is 78.4 Å². The first kappa shape index (κ1) is 9.96. The van der Waals surface area contributed by atoms with Crippen molar-refractivity contribution in [3.63, 3.8) is 0 Å². The second-order valence-electron chi connectivity index (χ2n) is 3.68. The second-order valence-corrected chi connectivity index (χ2v) is 3.68. The first-order chi connectivity index (χ1) is 5.95. The summed E-state index contributed by atoms with van der Waals surface area (Å²) in [4.78, 5) is 16.1. The Morgan fingerprint density at radius 3 is 2.31 bits per heavy atom. The fourth-order valence-corrected chi connectivity index (χ4v) is 1.53. The zero-order valence-electron chi connectivity index (χ0n) is 8.88. The SMILES string of the molecule is Cc1nc(C)n(C)c(=O)c1C(C)C. The molecule has 1 aromatic rings. The number of hydrogen-bond donors (Lipinski definition) is 0. The molecule has 0 amide bonds. The van der Waals surface area contributed by atoms with Gasteiger partial charge in [-0.15, -0.1) is 0 Å². The van der Waals surface area contributed by atoms with Crippen molar-refractivity contribution < 1.29 is 0 Å². The van der Waals surface area contributed by atoms with Crippen molar-refractivity contribution in [1.82, 2.24) is 9.55 Å². The van der Waals surface area contributed by atoms with Gasteiger partial charge in [-0.3, -0.25) is 9.36 Å². The van der Waals surface area contributed by atoms with E-state index in [4.69, 9.17) is 0 Å². The Balaban J connectivity index is 3.54. The predicted octanol–water partition coefficient (Wildman–Crippen LogP) is 1.52. The van der Waals surface area contributed by atoms with Crippen molar-refractivity contribution in [2.45, 2.75) is 33.6 Å². The third-order valence-corrected chi connectivity index (χ3v) is 2.32. The summed E-state index contributed by atoms with van der Waals surface area (Å²) in [6, 6.07) is 0. The minimum atomic E-state index is 0.0833. The number of rotatable bonds is 1. The zero-order chi connectivity index (χ0) is 10.2. The first-order valence-electron chi connectivity index (χ1n) is 4.49. The van der Waals surface area contributed by atoms with Crippen LogP contribution in [0.2, 0.25) is 0 Å². The highest BCUT2D eigenvalue weighted by Gasteiger charge is 2.12. The maximum atomic E-state index is 11.8. The smallest absolute Gasteiger partial charge is 0.256 e. The van der Waals surface area contributed by atoms with Crippen molar-refractivity contribution in [3.05, 3.63) is 27.4 Å². The van der Waals surface area contributed by atoms with Crippen molar-refractivity contribution >= 4 is 0 Å². The van der Waals surface area contributed by atoms with Crippen LogP contribution in [0, 0.1) is 13.8 Å². The van der Waals surface area contributed by atoms with Crippen LogP contribution in [0.15, 0.2) is 4.79 Å². The summed E-state index contributed by atoms with van der Waals surface area (Å²) < 4.78 is 1.60. The molecule has 0 radical (unpaired) electrons. The van der Waals surface area contributed by atoms with E-state index in [-0.39, 0.29) is 11.5 Å². The Bertz CT molecular complexity index is 377. The molecule has 0 fully saturated rings. The molecule has 0 aromatic carbocycles. The minimum absolute atomic E-state index is 0.0833. The van der Waals surface area contributed by atoms with E-state index in [2.05, 4.69) is 4.98 Å². The highest BCUT2D eigenvalue weighted by Crippen LogP contribution is 2.12. The van der Waals surface area contributed by atoms with Gasteiger partial charge in [0.2, 0.25) is 0 Å². The van der Waals surface area contributed by atoms with E-state index in [9.17, 15) is 4.79 Å². The van der Waals surface area contributed by atoms with Crippen LogP contribution in [-0.4, -0.2) is 9.55 Å². The molecule has 72 valence electrons. The van der Waals surface area contributed by atoms with E-state index in [1.807, 2.05) is 27.7 Å².